The summed E-state index contributed by atoms with van der Waals surface area (Å²) in [6.07, 6.45) is 1.74. The maximum absolute atomic E-state index is 6.32. The van der Waals surface area contributed by atoms with Gasteiger partial charge in [-0.1, -0.05) is 25.4 Å². The molecule has 1 N–H and O–H groups in total. The summed E-state index contributed by atoms with van der Waals surface area (Å²) in [6.45, 7) is 5.65. The van der Waals surface area contributed by atoms with Crippen molar-refractivity contribution in [2.24, 2.45) is 7.05 Å². The minimum absolute atomic E-state index is 0.349. The number of hydrogen-bond acceptors (Lipinski definition) is 4. The Morgan fingerprint density at radius 3 is 2.81 bits per heavy atom. The van der Waals surface area contributed by atoms with Crippen LogP contribution in [0.3, 0.4) is 0 Å². The summed E-state index contributed by atoms with van der Waals surface area (Å²) < 4.78 is 6.84. The van der Waals surface area contributed by atoms with Crippen LogP contribution in [0.5, 0.6) is 5.88 Å². The van der Waals surface area contributed by atoms with Gasteiger partial charge in [-0.05, 0) is 17.5 Å². The zero-order chi connectivity index (χ0) is 15.4. The Labute approximate surface area is 130 Å². The summed E-state index contributed by atoms with van der Waals surface area (Å²) in [6, 6.07) is 3.88. The minimum atomic E-state index is 0.349. The van der Waals surface area contributed by atoms with E-state index in [0.717, 1.165) is 23.4 Å². The highest BCUT2D eigenvalue weighted by Gasteiger charge is 2.16. The van der Waals surface area contributed by atoms with E-state index in [2.05, 4.69) is 29.2 Å². The fourth-order valence-electron chi connectivity index (χ4n) is 2.20. The number of methoxy groups -OCH3 is 1. The topological polar surface area (TPSA) is 52.0 Å². The molecule has 0 spiro atoms. The van der Waals surface area contributed by atoms with Crippen LogP contribution >= 0.6 is 11.6 Å². The molecule has 0 amide bonds. The number of halogens is 1. The van der Waals surface area contributed by atoms with Gasteiger partial charge in [-0.15, -0.1) is 0 Å². The number of rotatable bonds is 6. The predicted octanol–water partition coefficient (Wildman–Crippen LogP) is 2.89. The van der Waals surface area contributed by atoms with E-state index in [0.29, 0.717) is 23.5 Å². The van der Waals surface area contributed by atoms with E-state index in [1.54, 1.807) is 18.0 Å². The molecular formula is C15H21ClN4O. The molecule has 2 aromatic heterocycles. The molecule has 2 aromatic rings. The molecule has 0 saturated heterocycles. The minimum Gasteiger partial charge on any atom is -0.481 e. The van der Waals surface area contributed by atoms with Gasteiger partial charge in [-0.2, -0.15) is 5.10 Å². The third-order valence-corrected chi connectivity index (χ3v) is 3.76. The highest BCUT2D eigenvalue weighted by Crippen LogP contribution is 2.25. The molecule has 0 aliphatic rings. The molecule has 0 bridgehead atoms. The Balaban J connectivity index is 2.03. The van der Waals surface area contributed by atoms with Gasteiger partial charge in [0.05, 0.1) is 12.8 Å². The quantitative estimate of drug-likeness (QED) is 0.891. The number of hydrogen-bond donors (Lipinski definition) is 1. The van der Waals surface area contributed by atoms with Crippen molar-refractivity contribution in [1.29, 1.82) is 0 Å². The van der Waals surface area contributed by atoms with Crippen LogP contribution in [-0.4, -0.2) is 21.9 Å². The third kappa shape index (κ3) is 3.74. The van der Waals surface area contributed by atoms with Crippen LogP contribution in [0.25, 0.3) is 0 Å². The van der Waals surface area contributed by atoms with Crippen molar-refractivity contribution in [2.45, 2.75) is 32.9 Å². The lowest BCUT2D eigenvalue weighted by molar-refractivity contribution is 0.397. The van der Waals surface area contributed by atoms with Crippen LogP contribution < -0.4 is 10.1 Å². The zero-order valence-electron chi connectivity index (χ0n) is 12.9. The summed E-state index contributed by atoms with van der Waals surface area (Å²) in [5.41, 5.74) is 3.23. The van der Waals surface area contributed by atoms with E-state index in [4.69, 9.17) is 16.3 Å². The van der Waals surface area contributed by atoms with Gasteiger partial charge in [0, 0.05) is 38.0 Å². The number of ether oxygens (including phenoxy) is 1. The first kappa shape index (κ1) is 15.8. The summed E-state index contributed by atoms with van der Waals surface area (Å²) >= 11 is 6.32. The summed E-state index contributed by atoms with van der Waals surface area (Å²) in [7, 11) is 3.48. The van der Waals surface area contributed by atoms with E-state index in [-0.39, 0.29) is 0 Å². The fourth-order valence-corrected chi connectivity index (χ4v) is 2.40. The van der Waals surface area contributed by atoms with Crippen molar-refractivity contribution in [3.63, 3.8) is 0 Å². The second kappa shape index (κ2) is 6.91. The van der Waals surface area contributed by atoms with E-state index >= 15 is 0 Å². The molecule has 0 radical (unpaired) electrons. The second-order valence-electron chi connectivity index (χ2n) is 5.24. The van der Waals surface area contributed by atoms with Crippen LogP contribution in [-0.2, 0) is 20.1 Å². The van der Waals surface area contributed by atoms with E-state index in [1.165, 1.54) is 0 Å². The van der Waals surface area contributed by atoms with E-state index < -0.39 is 0 Å². The molecule has 0 unspecified atom stereocenters. The molecule has 0 saturated carbocycles. The van der Waals surface area contributed by atoms with Crippen molar-refractivity contribution in [2.75, 3.05) is 7.11 Å². The Morgan fingerprint density at radius 1 is 1.38 bits per heavy atom. The highest BCUT2D eigenvalue weighted by molar-refractivity contribution is 6.30. The number of pyridine rings is 1. The van der Waals surface area contributed by atoms with Gasteiger partial charge in [0.15, 0.2) is 0 Å². The average molecular weight is 309 g/mol. The first-order chi connectivity index (χ1) is 10.0. The third-order valence-electron chi connectivity index (χ3n) is 3.29. The number of aryl methyl sites for hydroxylation is 1. The number of nitrogens with one attached hydrogen (secondary N) is 1. The maximum atomic E-state index is 6.32. The zero-order valence-corrected chi connectivity index (χ0v) is 13.6. The normalized spacial score (nSPS) is 11.1. The van der Waals surface area contributed by atoms with Crippen LogP contribution in [0.2, 0.25) is 5.15 Å². The monoisotopic (exact) mass is 308 g/mol. The highest BCUT2D eigenvalue weighted by atomic mass is 35.5. The maximum Gasteiger partial charge on any atom is 0.213 e. The van der Waals surface area contributed by atoms with Crippen molar-refractivity contribution in [3.8, 4) is 5.88 Å². The number of nitrogens with zero attached hydrogens (tertiary/aromatic N) is 3. The standard InChI is InChI=1S/C15H21ClN4O/c1-10(2)14-12(15(16)20(3)19-14)9-17-8-11-5-6-18-13(7-11)21-4/h5-7,10,17H,8-9H2,1-4H3. The molecule has 6 heteroatoms. The molecule has 0 aliphatic carbocycles. The average Bonchev–Trinajstić information content (AvgIpc) is 2.76. The van der Waals surface area contributed by atoms with Crippen LogP contribution in [0, 0.1) is 0 Å². The van der Waals surface area contributed by atoms with Gasteiger partial charge in [0.25, 0.3) is 0 Å². The van der Waals surface area contributed by atoms with Gasteiger partial charge in [0.2, 0.25) is 5.88 Å². The second-order valence-corrected chi connectivity index (χ2v) is 5.60. The Kier molecular flexibility index (Phi) is 5.20. The Morgan fingerprint density at radius 2 is 2.14 bits per heavy atom. The van der Waals surface area contributed by atoms with Crippen molar-refractivity contribution >= 4 is 11.6 Å². The molecule has 114 valence electrons. The molecule has 0 aromatic carbocycles. The van der Waals surface area contributed by atoms with Gasteiger partial charge < -0.3 is 10.1 Å². The fraction of sp³-hybridized carbons (Fsp3) is 0.467. The van der Waals surface area contributed by atoms with Crippen LogP contribution in [0.1, 0.15) is 36.6 Å². The van der Waals surface area contributed by atoms with Crippen molar-refractivity contribution < 1.29 is 4.74 Å². The van der Waals surface area contributed by atoms with E-state index in [1.807, 2.05) is 19.2 Å². The molecule has 0 fully saturated rings. The van der Waals surface area contributed by atoms with Gasteiger partial charge in [-0.3, -0.25) is 4.68 Å². The molecule has 0 aliphatic heterocycles. The lowest BCUT2D eigenvalue weighted by Crippen LogP contribution is -2.14. The Bertz CT molecular complexity index is 610. The summed E-state index contributed by atoms with van der Waals surface area (Å²) in [5, 5.41) is 8.57. The van der Waals surface area contributed by atoms with E-state index in [9.17, 15) is 0 Å². The van der Waals surface area contributed by atoms with Gasteiger partial charge in [0.1, 0.15) is 5.15 Å². The van der Waals surface area contributed by atoms with Gasteiger partial charge in [-0.25, -0.2) is 4.98 Å². The summed E-state index contributed by atoms with van der Waals surface area (Å²) in [5.74, 6) is 0.970. The molecular weight excluding hydrogens is 288 g/mol. The molecule has 0 atom stereocenters. The lowest BCUT2D eigenvalue weighted by Gasteiger charge is -2.08. The lowest BCUT2D eigenvalue weighted by atomic mass is 10.1. The van der Waals surface area contributed by atoms with Crippen LogP contribution in [0.4, 0.5) is 0 Å². The van der Waals surface area contributed by atoms with Crippen molar-refractivity contribution in [1.82, 2.24) is 20.1 Å². The first-order valence-corrected chi connectivity index (χ1v) is 7.31. The number of aromatic nitrogens is 3. The Hall–Kier alpha value is -1.59. The van der Waals surface area contributed by atoms with Crippen LogP contribution in [0.15, 0.2) is 18.3 Å². The SMILES string of the molecule is COc1cc(CNCc2c(C(C)C)nn(C)c2Cl)ccn1. The summed E-state index contributed by atoms with van der Waals surface area (Å²) in [4.78, 5) is 4.09. The van der Waals surface area contributed by atoms with Gasteiger partial charge >= 0.3 is 0 Å². The largest absolute Gasteiger partial charge is 0.481 e. The molecule has 2 rings (SSSR count). The van der Waals surface area contributed by atoms with Crippen molar-refractivity contribution in [3.05, 3.63) is 40.3 Å². The molecule has 21 heavy (non-hydrogen) atoms. The molecule has 2 heterocycles. The smallest absolute Gasteiger partial charge is 0.213 e. The predicted molar refractivity (Wildman–Crippen MR) is 83.6 cm³/mol. The molecule has 5 nitrogen and oxygen atoms in total. The first-order valence-electron chi connectivity index (χ1n) is 6.93.